The lowest BCUT2D eigenvalue weighted by molar-refractivity contribution is -0.135. The third-order valence-electron chi connectivity index (χ3n) is 5.17. The van der Waals surface area contributed by atoms with Gasteiger partial charge < -0.3 is 14.2 Å². The van der Waals surface area contributed by atoms with E-state index in [-0.39, 0.29) is 12.3 Å². The number of hydrogen-bond donors (Lipinski definition) is 0. The van der Waals surface area contributed by atoms with Crippen molar-refractivity contribution in [2.24, 2.45) is 0 Å². The summed E-state index contributed by atoms with van der Waals surface area (Å²) in [5.74, 6) is 0.807. The van der Waals surface area contributed by atoms with E-state index < -0.39 is 0 Å². The largest absolute Gasteiger partial charge is 0.385 e. The lowest BCUT2D eigenvalue weighted by Gasteiger charge is -2.44. The van der Waals surface area contributed by atoms with Crippen molar-refractivity contribution in [3.05, 3.63) is 42.1 Å². The highest BCUT2D eigenvalue weighted by molar-refractivity contribution is 5.79. The third kappa shape index (κ3) is 4.96. The number of methoxy groups -OCH3 is 1. The maximum Gasteiger partial charge on any atom is 0.228 e. The lowest BCUT2D eigenvalue weighted by Crippen LogP contribution is -2.58. The molecule has 2 atom stereocenters. The van der Waals surface area contributed by atoms with Gasteiger partial charge in [0.05, 0.1) is 12.1 Å². The van der Waals surface area contributed by atoms with E-state index in [4.69, 9.17) is 9.26 Å². The molecule has 0 spiro atoms. The smallest absolute Gasteiger partial charge is 0.228 e. The predicted molar refractivity (Wildman–Crippen MR) is 104 cm³/mol. The zero-order valence-corrected chi connectivity index (χ0v) is 16.4. The van der Waals surface area contributed by atoms with Gasteiger partial charge in [0, 0.05) is 57.1 Å². The van der Waals surface area contributed by atoms with Crippen molar-refractivity contribution in [3.8, 4) is 11.3 Å². The summed E-state index contributed by atoms with van der Waals surface area (Å²) < 4.78 is 10.6. The summed E-state index contributed by atoms with van der Waals surface area (Å²) >= 11 is 0. The first-order valence-corrected chi connectivity index (χ1v) is 9.62. The molecule has 1 aromatic heterocycles. The maximum atomic E-state index is 12.8. The Hall–Kier alpha value is -2.18. The van der Waals surface area contributed by atoms with Gasteiger partial charge in [-0.05, 0) is 20.3 Å². The van der Waals surface area contributed by atoms with Crippen molar-refractivity contribution in [1.82, 2.24) is 15.0 Å². The minimum Gasteiger partial charge on any atom is -0.385 e. The number of nitrogens with zero attached hydrogens (tertiary/aromatic N) is 3. The molecule has 0 N–H and O–H groups in total. The molecule has 1 aromatic carbocycles. The molecule has 2 unspecified atom stereocenters. The summed E-state index contributed by atoms with van der Waals surface area (Å²) in [7, 11) is 1.73. The van der Waals surface area contributed by atoms with Crippen molar-refractivity contribution < 1.29 is 14.1 Å². The van der Waals surface area contributed by atoms with Gasteiger partial charge in [0.1, 0.15) is 0 Å². The molecule has 27 heavy (non-hydrogen) atoms. The quantitative estimate of drug-likeness (QED) is 0.701. The first-order valence-electron chi connectivity index (χ1n) is 9.62. The molecule has 2 aromatic rings. The number of rotatable bonds is 7. The van der Waals surface area contributed by atoms with Crippen molar-refractivity contribution in [2.75, 3.05) is 33.4 Å². The van der Waals surface area contributed by atoms with Crippen molar-refractivity contribution >= 4 is 5.91 Å². The van der Waals surface area contributed by atoms with E-state index in [2.05, 4.69) is 23.9 Å². The summed E-state index contributed by atoms with van der Waals surface area (Å²) in [5.41, 5.74) is 1.65. The van der Waals surface area contributed by atoms with E-state index in [1.54, 1.807) is 7.11 Å². The van der Waals surface area contributed by atoms with Crippen LogP contribution in [-0.2, 0) is 16.0 Å². The molecule has 3 rings (SSSR count). The fourth-order valence-electron chi connectivity index (χ4n) is 3.79. The van der Waals surface area contributed by atoms with Crippen LogP contribution in [0.15, 0.2) is 40.9 Å². The first kappa shape index (κ1) is 19.6. The van der Waals surface area contributed by atoms with Crippen LogP contribution < -0.4 is 0 Å². The Morgan fingerprint density at radius 3 is 2.59 bits per heavy atom. The molecule has 0 aliphatic carbocycles. The zero-order valence-electron chi connectivity index (χ0n) is 16.4. The van der Waals surface area contributed by atoms with Crippen molar-refractivity contribution in [3.63, 3.8) is 0 Å². The normalized spacial score (nSPS) is 20.8. The second kappa shape index (κ2) is 9.15. The van der Waals surface area contributed by atoms with Gasteiger partial charge in [-0.15, -0.1) is 0 Å². The highest BCUT2D eigenvalue weighted by Crippen LogP contribution is 2.21. The number of carbonyl (C=O) groups excluding carboxylic acids is 1. The molecule has 6 heteroatoms. The number of benzene rings is 1. The van der Waals surface area contributed by atoms with Gasteiger partial charge >= 0.3 is 0 Å². The third-order valence-corrected chi connectivity index (χ3v) is 5.17. The van der Waals surface area contributed by atoms with E-state index >= 15 is 0 Å². The average molecular weight is 371 g/mol. The molecule has 0 bridgehead atoms. The number of amides is 1. The van der Waals surface area contributed by atoms with Gasteiger partial charge in [0.2, 0.25) is 5.91 Å². The Morgan fingerprint density at radius 2 is 1.93 bits per heavy atom. The summed E-state index contributed by atoms with van der Waals surface area (Å²) in [6, 6.07) is 12.4. The van der Waals surface area contributed by atoms with Gasteiger partial charge in [0.25, 0.3) is 0 Å². The minimum absolute atomic E-state index is 0.109. The van der Waals surface area contributed by atoms with E-state index in [0.29, 0.717) is 23.5 Å². The highest BCUT2D eigenvalue weighted by Gasteiger charge is 2.31. The zero-order chi connectivity index (χ0) is 19.2. The fraction of sp³-hybridized carbons (Fsp3) is 0.524. The molecular weight excluding hydrogens is 342 g/mol. The van der Waals surface area contributed by atoms with Crippen LogP contribution in [0.3, 0.4) is 0 Å². The van der Waals surface area contributed by atoms with Gasteiger partial charge in [0.15, 0.2) is 5.76 Å². The van der Waals surface area contributed by atoms with Gasteiger partial charge in [-0.25, -0.2) is 0 Å². The molecule has 1 saturated heterocycles. The van der Waals surface area contributed by atoms with Crippen LogP contribution in [0.5, 0.6) is 0 Å². The van der Waals surface area contributed by atoms with Crippen LogP contribution in [0.1, 0.15) is 26.0 Å². The van der Waals surface area contributed by atoms with Gasteiger partial charge in [-0.2, -0.15) is 0 Å². The SMILES string of the molecule is COCCCN1C(C)CN(C(=O)Cc2cc(-c3ccccc3)on2)CC1C. The number of ether oxygens (including phenoxy) is 1. The second-order valence-electron chi connectivity index (χ2n) is 7.31. The topological polar surface area (TPSA) is 58.8 Å². The maximum absolute atomic E-state index is 12.8. The number of aromatic nitrogens is 1. The molecule has 6 nitrogen and oxygen atoms in total. The van der Waals surface area contributed by atoms with E-state index in [1.165, 1.54) is 0 Å². The summed E-state index contributed by atoms with van der Waals surface area (Å²) in [4.78, 5) is 17.2. The molecular formula is C21H29N3O3. The van der Waals surface area contributed by atoms with Crippen LogP contribution in [0.2, 0.25) is 0 Å². The molecule has 0 saturated carbocycles. The van der Waals surface area contributed by atoms with Gasteiger partial charge in [-0.1, -0.05) is 35.5 Å². The average Bonchev–Trinajstić information content (AvgIpc) is 3.13. The second-order valence-corrected chi connectivity index (χ2v) is 7.31. The predicted octanol–water partition coefficient (Wildman–Crippen LogP) is 2.84. The molecule has 0 radical (unpaired) electrons. The molecule has 2 heterocycles. The molecule has 146 valence electrons. The first-order chi connectivity index (χ1) is 13.1. The highest BCUT2D eigenvalue weighted by atomic mass is 16.5. The Kier molecular flexibility index (Phi) is 6.63. The van der Waals surface area contributed by atoms with E-state index in [1.807, 2.05) is 41.3 Å². The molecule has 1 aliphatic heterocycles. The standard InChI is InChI=1S/C21H29N3O3/c1-16-14-23(15-17(2)24(16)10-7-11-26-3)21(25)13-19-12-20(27-22-19)18-8-5-4-6-9-18/h4-6,8-9,12,16-17H,7,10-11,13-15H2,1-3H3. The van der Waals surface area contributed by atoms with Gasteiger partial charge in [-0.3, -0.25) is 9.69 Å². The van der Waals surface area contributed by atoms with Crippen LogP contribution >= 0.6 is 0 Å². The number of piperazine rings is 1. The lowest BCUT2D eigenvalue weighted by atomic mass is 10.1. The Labute approximate surface area is 161 Å². The Morgan fingerprint density at radius 1 is 1.22 bits per heavy atom. The van der Waals surface area contributed by atoms with Crippen molar-refractivity contribution in [1.29, 1.82) is 0 Å². The van der Waals surface area contributed by atoms with Crippen LogP contribution in [-0.4, -0.2) is 66.3 Å². The number of hydrogen-bond acceptors (Lipinski definition) is 5. The Balaban J connectivity index is 1.57. The summed E-state index contributed by atoms with van der Waals surface area (Å²) in [6.45, 7) is 7.65. The van der Waals surface area contributed by atoms with E-state index in [9.17, 15) is 4.79 Å². The van der Waals surface area contributed by atoms with E-state index in [0.717, 1.165) is 38.2 Å². The molecule has 1 amide bonds. The van der Waals surface area contributed by atoms with Crippen LogP contribution in [0, 0.1) is 0 Å². The van der Waals surface area contributed by atoms with Crippen LogP contribution in [0.4, 0.5) is 0 Å². The summed E-state index contributed by atoms with van der Waals surface area (Å²) in [6.07, 6.45) is 1.29. The number of carbonyl (C=O) groups is 1. The van der Waals surface area contributed by atoms with Crippen molar-refractivity contribution in [2.45, 2.75) is 38.8 Å². The molecule has 1 aliphatic rings. The Bertz CT molecular complexity index is 719. The summed E-state index contributed by atoms with van der Waals surface area (Å²) in [5, 5.41) is 4.08. The monoisotopic (exact) mass is 371 g/mol. The fourth-order valence-corrected chi connectivity index (χ4v) is 3.79. The molecule has 1 fully saturated rings. The van der Waals surface area contributed by atoms with Crippen LogP contribution in [0.25, 0.3) is 11.3 Å². The minimum atomic E-state index is 0.109.